The number of halogens is 1. The van der Waals surface area contributed by atoms with E-state index in [4.69, 9.17) is 16.2 Å². The minimum absolute atomic E-state index is 0.0358. The lowest BCUT2D eigenvalue weighted by Gasteiger charge is -2.14. The van der Waals surface area contributed by atoms with Crippen LogP contribution in [-0.2, 0) is 6.42 Å². The Bertz CT molecular complexity index is 1280. The summed E-state index contributed by atoms with van der Waals surface area (Å²) >= 11 is 0. The maximum Gasteiger partial charge on any atom is 0.222 e. The Hall–Kier alpha value is -4.27. The first kappa shape index (κ1) is 18.7. The molecule has 0 spiro atoms. The number of nitrogen functional groups attached to an aromatic ring is 2. The van der Waals surface area contributed by atoms with E-state index in [0.717, 1.165) is 29.9 Å². The summed E-state index contributed by atoms with van der Waals surface area (Å²) in [6, 6.07) is 9.91. The summed E-state index contributed by atoms with van der Waals surface area (Å²) in [5.74, 6) is 1.10. The van der Waals surface area contributed by atoms with Crippen LogP contribution in [0.15, 0.2) is 55.0 Å². The molecule has 0 radical (unpaired) electrons. The van der Waals surface area contributed by atoms with Gasteiger partial charge in [0.25, 0.3) is 0 Å². The van der Waals surface area contributed by atoms with Crippen LogP contribution in [0.25, 0.3) is 22.4 Å². The van der Waals surface area contributed by atoms with Crippen molar-refractivity contribution in [2.45, 2.75) is 6.42 Å². The number of rotatable bonds is 4. The third kappa shape index (κ3) is 3.46. The number of nitrogens with one attached hydrogen (secondary N) is 1. The quantitative estimate of drug-likeness (QED) is 0.461. The molecule has 5 N–H and O–H groups in total. The number of ether oxygens (including phenoxy) is 1. The Labute approximate surface area is 177 Å². The highest BCUT2D eigenvalue weighted by Crippen LogP contribution is 2.38. The van der Waals surface area contributed by atoms with Gasteiger partial charge in [0.1, 0.15) is 17.4 Å². The van der Waals surface area contributed by atoms with Crippen molar-refractivity contribution in [2.24, 2.45) is 0 Å². The van der Waals surface area contributed by atoms with Crippen molar-refractivity contribution in [3.8, 4) is 33.9 Å². The van der Waals surface area contributed by atoms with Crippen LogP contribution < -0.4 is 21.5 Å². The van der Waals surface area contributed by atoms with E-state index in [9.17, 15) is 0 Å². The van der Waals surface area contributed by atoms with Gasteiger partial charge in [-0.2, -0.15) is 4.98 Å². The van der Waals surface area contributed by atoms with E-state index >= 15 is 4.39 Å². The molecule has 8 nitrogen and oxygen atoms in total. The molecule has 0 saturated carbocycles. The maximum atomic E-state index is 15.0. The largest absolute Gasteiger partial charge is 0.454 e. The number of fused-ring (bicyclic) bond motifs is 1. The molecule has 4 aromatic rings. The predicted octanol–water partition coefficient (Wildman–Crippen LogP) is 3.66. The van der Waals surface area contributed by atoms with Crippen molar-refractivity contribution in [3.63, 3.8) is 0 Å². The van der Waals surface area contributed by atoms with Gasteiger partial charge in [-0.05, 0) is 42.3 Å². The van der Waals surface area contributed by atoms with E-state index in [1.807, 2.05) is 0 Å². The summed E-state index contributed by atoms with van der Waals surface area (Å²) in [5, 5.41) is 3.18. The van der Waals surface area contributed by atoms with Gasteiger partial charge in [0.05, 0.1) is 11.3 Å². The van der Waals surface area contributed by atoms with Crippen LogP contribution in [-0.4, -0.2) is 26.5 Å². The standard InChI is InChI=1S/C22H18FN7O/c23-15-11-13(1-2-17(15)31-16-6-10-28-21-14(16)5-9-27-21)18-19(12-3-7-26-8-4-12)29-22(25)30-20(18)24/h1-4,6-8,10-11H,5,9H2,(H,27,28)(H4,24,25,29,30). The number of anilines is 3. The first-order valence-electron chi connectivity index (χ1n) is 9.63. The van der Waals surface area contributed by atoms with Crippen LogP contribution in [0.3, 0.4) is 0 Å². The fourth-order valence-electron chi connectivity index (χ4n) is 3.63. The molecular weight excluding hydrogens is 397 g/mol. The van der Waals surface area contributed by atoms with E-state index in [1.54, 1.807) is 48.9 Å². The zero-order chi connectivity index (χ0) is 21.4. The van der Waals surface area contributed by atoms with Gasteiger partial charge < -0.3 is 21.5 Å². The zero-order valence-corrected chi connectivity index (χ0v) is 16.3. The molecule has 0 unspecified atom stereocenters. The molecule has 1 aromatic carbocycles. The van der Waals surface area contributed by atoms with E-state index in [-0.39, 0.29) is 17.5 Å². The SMILES string of the molecule is Nc1nc(N)c(-c2ccc(Oc3ccnc4c3CCN4)c(F)c2)c(-c2ccncc2)n1. The van der Waals surface area contributed by atoms with Crippen LogP contribution in [0.4, 0.5) is 22.0 Å². The van der Waals surface area contributed by atoms with Crippen molar-refractivity contribution in [3.05, 3.63) is 66.4 Å². The lowest BCUT2D eigenvalue weighted by Crippen LogP contribution is -2.05. The average molecular weight is 415 g/mol. The molecule has 3 aromatic heterocycles. The van der Waals surface area contributed by atoms with E-state index in [1.165, 1.54) is 6.07 Å². The van der Waals surface area contributed by atoms with Crippen LogP contribution in [0.2, 0.25) is 0 Å². The highest BCUT2D eigenvalue weighted by Gasteiger charge is 2.20. The van der Waals surface area contributed by atoms with Crippen molar-refractivity contribution in [1.29, 1.82) is 0 Å². The smallest absolute Gasteiger partial charge is 0.222 e. The number of nitrogens with zero attached hydrogens (tertiary/aromatic N) is 4. The second-order valence-corrected chi connectivity index (χ2v) is 6.99. The molecule has 0 bridgehead atoms. The fraction of sp³-hybridized carbons (Fsp3) is 0.0909. The molecule has 31 heavy (non-hydrogen) atoms. The second kappa shape index (κ2) is 7.52. The highest BCUT2D eigenvalue weighted by atomic mass is 19.1. The Balaban J connectivity index is 1.55. The summed E-state index contributed by atoms with van der Waals surface area (Å²) in [7, 11) is 0. The molecule has 4 heterocycles. The summed E-state index contributed by atoms with van der Waals surface area (Å²) in [6.45, 7) is 0.776. The van der Waals surface area contributed by atoms with Crippen molar-refractivity contribution in [1.82, 2.24) is 19.9 Å². The summed E-state index contributed by atoms with van der Waals surface area (Å²) in [6.07, 6.45) is 5.67. The average Bonchev–Trinajstić information content (AvgIpc) is 3.25. The molecule has 0 saturated heterocycles. The molecular formula is C22H18FN7O. The minimum Gasteiger partial charge on any atom is -0.454 e. The minimum atomic E-state index is -0.536. The zero-order valence-electron chi connectivity index (χ0n) is 16.3. The van der Waals surface area contributed by atoms with Crippen LogP contribution >= 0.6 is 0 Å². The van der Waals surface area contributed by atoms with Gasteiger partial charge in [-0.25, -0.2) is 14.4 Å². The maximum absolute atomic E-state index is 15.0. The monoisotopic (exact) mass is 415 g/mol. The summed E-state index contributed by atoms with van der Waals surface area (Å²) in [5.41, 5.74) is 15.1. The van der Waals surface area contributed by atoms with Gasteiger partial charge in [0, 0.05) is 36.3 Å². The highest BCUT2D eigenvalue weighted by molar-refractivity contribution is 5.88. The van der Waals surface area contributed by atoms with Crippen molar-refractivity contribution in [2.75, 3.05) is 23.3 Å². The predicted molar refractivity (Wildman–Crippen MR) is 116 cm³/mol. The molecule has 0 atom stereocenters. The third-order valence-electron chi connectivity index (χ3n) is 5.03. The molecule has 154 valence electrons. The molecule has 1 aliphatic heterocycles. The summed E-state index contributed by atoms with van der Waals surface area (Å²) < 4.78 is 20.9. The topological polar surface area (TPSA) is 125 Å². The van der Waals surface area contributed by atoms with Gasteiger partial charge in [-0.3, -0.25) is 4.98 Å². The number of aromatic nitrogens is 4. The third-order valence-corrected chi connectivity index (χ3v) is 5.03. The van der Waals surface area contributed by atoms with Gasteiger partial charge in [0.15, 0.2) is 11.6 Å². The molecule has 5 rings (SSSR count). The number of hydrogen-bond acceptors (Lipinski definition) is 8. The summed E-state index contributed by atoms with van der Waals surface area (Å²) in [4.78, 5) is 16.7. The molecule has 0 amide bonds. The van der Waals surface area contributed by atoms with Gasteiger partial charge in [-0.15, -0.1) is 0 Å². The van der Waals surface area contributed by atoms with E-state index in [0.29, 0.717) is 22.6 Å². The van der Waals surface area contributed by atoms with Crippen LogP contribution in [0, 0.1) is 5.82 Å². The number of hydrogen-bond donors (Lipinski definition) is 3. The first-order chi connectivity index (χ1) is 15.1. The van der Waals surface area contributed by atoms with Crippen LogP contribution in [0.1, 0.15) is 5.56 Å². The number of pyridine rings is 2. The fourth-order valence-corrected chi connectivity index (χ4v) is 3.63. The molecule has 0 fully saturated rings. The van der Waals surface area contributed by atoms with E-state index in [2.05, 4.69) is 25.3 Å². The lowest BCUT2D eigenvalue weighted by molar-refractivity contribution is 0.439. The lowest BCUT2D eigenvalue weighted by atomic mass is 10.00. The first-order valence-corrected chi connectivity index (χ1v) is 9.63. The molecule has 1 aliphatic rings. The second-order valence-electron chi connectivity index (χ2n) is 6.99. The molecule has 0 aliphatic carbocycles. The van der Waals surface area contributed by atoms with Gasteiger partial charge in [-0.1, -0.05) is 6.07 Å². The van der Waals surface area contributed by atoms with Gasteiger partial charge >= 0.3 is 0 Å². The normalized spacial score (nSPS) is 12.3. The number of benzene rings is 1. The van der Waals surface area contributed by atoms with E-state index < -0.39 is 5.82 Å². The molecule has 9 heteroatoms. The van der Waals surface area contributed by atoms with Crippen molar-refractivity contribution >= 4 is 17.6 Å². The van der Waals surface area contributed by atoms with Crippen LogP contribution in [0.5, 0.6) is 11.5 Å². The number of nitrogens with two attached hydrogens (primary N) is 2. The Morgan fingerprint density at radius 3 is 2.58 bits per heavy atom. The Kier molecular flexibility index (Phi) is 4.55. The van der Waals surface area contributed by atoms with Crippen molar-refractivity contribution < 1.29 is 9.13 Å². The Morgan fingerprint density at radius 2 is 1.77 bits per heavy atom. The Morgan fingerprint density at radius 1 is 0.935 bits per heavy atom. The van der Waals surface area contributed by atoms with Gasteiger partial charge in [0.2, 0.25) is 5.95 Å².